The second-order valence-corrected chi connectivity index (χ2v) is 5.97. The van der Waals surface area contributed by atoms with E-state index < -0.39 is 17.4 Å². The summed E-state index contributed by atoms with van der Waals surface area (Å²) in [6, 6.07) is 0. The molecule has 0 amide bonds. The molecule has 110 valence electrons. The molecule has 0 atom stereocenters. The van der Waals surface area contributed by atoms with E-state index in [1.165, 1.54) is 0 Å². The molecule has 0 aromatic rings. The highest BCUT2D eigenvalue weighted by Crippen LogP contribution is 2.37. The molecule has 0 heterocycles. The van der Waals surface area contributed by atoms with Crippen molar-refractivity contribution in [3.05, 3.63) is 0 Å². The van der Waals surface area contributed by atoms with Gasteiger partial charge in [0.25, 0.3) is 0 Å². The third kappa shape index (κ3) is 4.51. The lowest BCUT2D eigenvalue weighted by Gasteiger charge is -2.30. The molecule has 0 aromatic carbocycles. The lowest BCUT2D eigenvalue weighted by molar-refractivity contribution is -0.171. The van der Waals surface area contributed by atoms with E-state index in [0.29, 0.717) is 25.4 Å². The molecule has 0 aromatic heterocycles. The van der Waals surface area contributed by atoms with Crippen LogP contribution in [0, 0.1) is 11.3 Å². The fraction of sp³-hybridized carbons (Fsp3) is 0.867. The van der Waals surface area contributed by atoms with Gasteiger partial charge in [0.05, 0.1) is 6.61 Å². The van der Waals surface area contributed by atoms with Crippen molar-refractivity contribution >= 4 is 11.9 Å². The number of unbranched alkanes of at least 4 members (excludes halogenated alkanes) is 1. The third-order valence-electron chi connectivity index (χ3n) is 3.92. The van der Waals surface area contributed by atoms with Gasteiger partial charge < -0.3 is 9.84 Å². The van der Waals surface area contributed by atoms with Crippen LogP contribution in [0.15, 0.2) is 0 Å². The smallest absolute Gasteiger partial charge is 0.323 e. The van der Waals surface area contributed by atoms with Crippen LogP contribution in [0.1, 0.15) is 65.2 Å². The van der Waals surface area contributed by atoms with Gasteiger partial charge >= 0.3 is 11.9 Å². The number of esters is 1. The summed E-state index contributed by atoms with van der Waals surface area (Å²) in [6.07, 6.45) is 6.41. The van der Waals surface area contributed by atoms with Crippen molar-refractivity contribution in [2.75, 3.05) is 6.61 Å². The van der Waals surface area contributed by atoms with Crippen LogP contribution in [0.3, 0.4) is 0 Å². The predicted octanol–water partition coefficient (Wildman–Crippen LogP) is 3.39. The minimum atomic E-state index is -1.27. The van der Waals surface area contributed by atoms with E-state index in [-0.39, 0.29) is 0 Å². The summed E-state index contributed by atoms with van der Waals surface area (Å²) in [4.78, 5) is 23.5. The molecule has 19 heavy (non-hydrogen) atoms. The predicted molar refractivity (Wildman–Crippen MR) is 72.8 cm³/mol. The number of carboxylic acids is 1. The molecule has 1 N–H and O–H groups in total. The first-order valence-electron chi connectivity index (χ1n) is 7.39. The van der Waals surface area contributed by atoms with E-state index in [4.69, 9.17) is 4.74 Å². The molecule has 4 heteroatoms. The molecule has 1 fully saturated rings. The second kappa shape index (κ2) is 7.51. The zero-order valence-corrected chi connectivity index (χ0v) is 12.1. The number of carbonyl (C=O) groups excluding carboxylic acids is 1. The van der Waals surface area contributed by atoms with Gasteiger partial charge in [0.2, 0.25) is 0 Å². The Morgan fingerprint density at radius 3 is 2.32 bits per heavy atom. The minimum Gasteiger partial charge on any atom is -0.480 e. The molecular weight excluding hydrogens is 244 g/mol. The maximum atomic E-state index is 12.1. The highest BCUT2D eigenvalue weighted by Gasteiger charge is 2.48. The van der Waals surface area contributed by atoms with Gasteiger partial charge in [-0.15, -0.1) is 0 Å². The quantitative estimate of drug-likeness (QED) is 0.437. The number of carboxylic acid groups (broad SMARTS) is 1. The summed E-state index contributed by atoms with van der Waals surface area (Å²) < 4.78 is 5.21. The first-order chi connectivity index (χ1) is 8.99. The normalized spacial score (nSPS) is 18.3. The molecule has 0 unspecified atom stereocenters. The van der Waals surface area contributed by atoms with Crippen LogP contribution in [-0.4, -0.2) is 23.7 Å². The maximum Gasteiger partial charge on any atom is 0.323 e. The third-order valence-corrected chi connectivity index (χ3v) is 3.92. The maximum absolute atomic E-state index is 12.1. The van der Waals surface area contributed by atoms with E-state index in [9.17, 15) is 14.7 Å². The molecule has 0 radical (unpaired) electrons. The van der Waals surface area contributed by atoms with E-state index in [1.807, 2.05) is 0 Å². The Labute approximate surface area is 115 Å². The molecule has 1 aliphatic rings. The van der Waals surface area contributed by atoms with Crippen molar-refractivity contribution in [3.8, 4) is 0 Å². The molecule has 0 spiro atoms. The van der Waals surface area contributed by atoms with Crippen molar-refractivity contribution in [1.29, 1.82) is 0 Å². The van der Waals surface area contributed by atoms with Gasteiger partial charge in [-0.05, 0) is 31.6 Å². The zero-order chi connectivity index (χ0) is 14.3. The fourth-order valence-electron chi connectivity index (χ4n) is 2.62. The molecule has 4 nitrogen and oxygen atoms in total. The average Bonchev–Trinajstić information content (AvgIpc) is 2.38. The van der Waals surface area contributed by atoms with Crippen LogP contribution < -0.4 is 0 Å². The van der Waals surface area contributed by atoms with Crippen molar-refractivity contribution in [2.45, 2.75) is 65.2 Å². The number of hydrogen-bond donors (Lipinski definition) is 1. The molecular formula is C15H26O4. The molecule has 0 aliphatic heterocycles. The number of aliphatic carboxylic acids is 1. The largest absolute Gasteiger partial charge is 0.480 e. The van der Waals surface area contributed by atoms with Crippen molar-refractivity contribution in [2.24, 2.45) is 11.3 Å². The first kappa shape index (κ1) is 16.0. The Morgan fingerprint density at radius 1 is 1.16 bits per heavy atom. The zero-order valence-electron chi connectivity index (χ0n) is 12.1. The van der Waals surface area contributed by atoms with Gasteiger partial charge in [-0.2, -0.15) is 0 Å². The lowest BCUT2D eigenvalue weighted by atomic mass is 9.74. The fourth-order valence-corrected chi connectivity index (χ4v) is 2.62. The van der Waals surface area contributed by atoms with E-state index in [0.717, 1.165) is 38.5 Å². The van der Waals surface area contributed by atoms with Gasteiger partial charge in [0.1, 0.15) is 0 Å². The summed E-state index contributed by atoms with van der Waals surface area (Å²) in [5.41, 5.74) is -1.27. The Morgan fingerprint density at radius 2 is 1.79 bits per heavy atom. The lowest BCUT2D eigenvalue weighted by Crippen LogP contribution is -2.42. The number of rotatable bonds is 7. The molecule has 1 aliphatic carbocycles. The van der Waals surface area contributed by atoms with E-state index in [2.05, 4.69) is 13.8 Å². The highest BCUT2D eigenvalue weighted by atomic mass is 16.5. The van der Waals surface area contributed by atoms with Gasteiger partial charge in [0, 0.05) is 0 Å². The highest BCUT2D eigenvalue weighted by molar-refractivity contribution is 5.99. The van der Waals surface area contributed by atoms with Crippen LogP contribution in [-0.2, 0) is 14.3 Å². The number of ether oxygens (including phenoxy) is 1. The van der Waals surface area contributed by atoms with Gasteiger partial charge in [-0.1, -0.05) is 39.5 Å². The summed E-state index contributed by atoms with van der Waals surface area (Å²) in [6.45, 7) is 4.67. The van der Waals surface area contributed by atoms with E-state index >= 15 is 0 Å². The Hall–Kier alpha value is -1.06. The van der Waals surface area contributed by atoms with Gasteiger partial charge in [0.15, 0.2) is 5.41 Å². The average molecular weight is 270 g/mol. The standard InChI is InChI=1S/C15H26O4/c1-12(2)8-4-7-11-19-14(18)15(13(16)17)9-5-3-6-10-15/h12H,3-11H2,1-2H3,(H,16,17). The Bertz CT molecular complexity index is 303. The summed E-state index contributed by atoms with van der Waals surface area (Å²) >= 11 is 0. The topological polar surface area (TPSA) is 63.6 Å². The summed E-state index contributed by atoms with van der Waals surface area (Å²) in [5, 5.41) is 9.33. The van der Waals surface area contributed by atoms with Crippen LogP contribution >= 0.6 is 0 Å². The molecule has 1 saturated carbocycles. The van der Waals surface area contributed by atoms with Crippen LogP contribution in [0.25, 0.3) is 0 Å². The molecule has 0 bridgehead atoms. The van der Waals surface area contributed by atoms with Crippen molar-refractivity contribution < 1.29 is 19.4 Å². The van der Waals surface area contributed by atoms with Crippen LogP contribution in [0.4, 0.5) is 0 Å². The number of carbonyl (C=O) groups is 2. The SMILES string of the molecule is CC(C)CCCCOC(=O)C1(C(=O)O)CCCCC1. The van der Waals surface area contributed by atoms with Crippen LogP contribution in [0.5, 0.6) is 0 Å². The van der Waals surface area contributed by atoms with Crippen molar-refractivity contribution in [1.82, 2.24) is 0 Å². The second-order valence-electron chi connectivity index (χ2n) is 5.97. The van der Waals surface area contributed by atoms with E-state index in [1.54, 1.807) is 0 Å². The minimum absolute atomic E-state index is 0.348. The van der Waals surface area contributed by atoms with Crippen molar-refractivity contribution in [3.63, 3.8) is 0 Å². The Kier molecular flexibility index (Phi) is 6.32. The monoisotopic (exact) mass is 270 g/mol. The Balaban J connectivity index is 2.39. The summed E-state index contributed by atoms with van der Waals surface area (Å²) in [5.74, 6) is -0.886. The van der Waals surface area contributed by atoms with Gasteiger partial charge in [-0.25, -0.2) is 0 Å². The number of hydrogen-bond acceptors (Lipinski definition) is 3. The van der Waals surface area contributed by atoms with Crippen LogP contribution in [0.2, 0.25) is 0 Å². The molecule has 1 rings (SSSR count). The van der Waals surface area contributed by atoms with Gasteiger partial charge in [-0.3, -0.25) is 9.59 Å². The summed E-state index contributed by atoms with van der Waals surface area (Å²) in [7, 11) is 0. The first-order valence-corrected chi connectivity index (χ1v) is 7.39. The molecule has 0 saturated heterocycles.